The third-order valence-corrected chi connectivity index (χ3v) is 2.04. The van der Waals surface area contributed by atoms with Gasteiger partial charge in [-0.25, -0.2) is 4.90 Å². The van der Waals surface area contributed by atoms with Gasteiger partial charge in [0.2, 0.25) is 6.67 Å². The second-order valence-electron chi connectivity index (χ2n) is 2.83. The van der Waals surface area contributed by atoms with Gasteiger partial charge in [0.25, 0.3) is 0 Å². The Hall–Kier alpha value is -0.890. The van der Waals surface area contributed by atoms with Gasteiger partial charge in [0.1, 0.15) is 0 Å². The van der Waals surface area contributed by atoms with Gasteiger partial charge < -0.3 is 0 Å². The molecule has 0 bridgehead atoms. The van der Waals surface area contributed by atoms with E-state index in [1.54, 1.807) is 0 Å². The largest absolute Gasteiger partial charge is 0.248 e. The number of rotatable bonds is 4. The second kappa shape index (κ2) is 4.88. The molecule has 1 heterocycles. The lowest BCUT2D eigenvalue weighted by atomic mass is 10.5. The summed E-state index contributed by atoms with van der Waals surface area (Å²) in [7, 11) is 0. The molecule has 0 unspecified atom stereocenters. The second-order valence-corrected chi connectivity index (χ2v) is 2.83. The molecule has 1 aromatic heterocycles. The highest BCUT2D eigenvalue weighted by Crippen LogP contribution is 1.85. The zero-order valence-corrected chi connectivity index (χ0v) is 7.90. The molecule has 0 aliphatic heterocycles. The lowest BCUT2D eigenvalue weighted by molar-refractivity contribution is -0.715. The Labute approximate surface area is 74.4 Å². The van der Waals surface area contributed by atoms with Crippen molar-refractivity contribution in [1.82, 2.24) is 4.90 Å². The molecule has 0 saturated carbocycles. The van der Waals surface area contributed by atoms with E-state index in [0.29, 0.717) is 0 Å². The minimum Gasteiger partial charge on any atom is -0.248 e. The Morgan fingerprint density at radius 1 is 1.00 bits per heavy atom. The van der Waals surface area contributed by atoms with Gasteiger partial charge in [0.05, 0.1) is 0 Å². The number of nitrogens with zero attached hydrogens (tertiary/aromatic N) is 2. The fourth-order valence-electron chi connectivity index (χ4n) is 1.18. The topological polar surface area (TPSA) is 7.12 Å². The van der Waals surface area contributed by atoms with Crippen LogP contribution in [0.3, 0.4) is 0 Å². The van der Waals surface area contributed by atoms with Crippen LogP contribution >= 0.6 is 0 Å². The van der Waals surface area contributed by atoms with Gasteiger partial charge in [0, 0.05) is 25.2 Å². The number of hydrogen-bond acceptors (Lipinski definition) is 1. The molecule has 0 amide bonds. The molecule has 66 valence electrons. The van der Waals surface area contributed by atoms with E-state index in [9.17, 15) is 0 Å². The molecule has 0 radical (unpaired) electrons. The summed E-state index contributed by atoms with van der Waals surface area (Å²) in [4.78, 5) is 2.38. The first-order chi connectivity index (χ1) is 5.86. The molecular weight excluding hydrogens is 148 g/mol. The maximum atomic E-state index is 2.38. The molecule has 0 aromatic carbocycles. The van der Waals surface area contributed by atoms with E-state index in [-0.39, 0.29) is 0 Å². The molecule has 2 heteroatoms. The highest BCUT2D eigenvalue weighted by Gasteiger charge is 2.03. The number of pyridine rings is 1. The first-order valence-corrected chi connectivity index (χ1v) is 4.53. The minimum absolute atomic E-state index is 0.994. The summed E-state index contributed by atoms with van der Waals surface area (Å²) in [5.74, 6) is 0. The van der Waals surface area contributed by atoms with Crippen molar-refractivity contribution < 1.29 is 4.57 Å². The lowest BCUT2D eigenvalue weighted by Gasteiger charge is -2.13. The Bertz CT molecular complexity index is 204. The van der Waals surface area contributed by atoms with Crippen LogP contribution in [0, 0.1) is 0 Å². The van der Waals surface area contributed by atoms with Crippen molar-refractivity contribution in [3.8, 4) is 0 Å². The summed E-state index contributed by atoms with van der Waals surface area (Å²) in [6.45, 7) is 7.59. The van der Waals surface area contributed by atoms with Crippen molar-refractivity contribution in [2.24, 2.45) is 0 Å². The van der Waals surface area contributed by atoms with Crippen LogP contribution in [0.25, 0.3) is 0 Å². The van der Waals surface area contributed by atoms with Crippen LogP contribution in [-0.4, -0.2) is 18.0 Å². The molecular formula is C10H17N2+. The molecule has 0 aliphatic carbocycles. The summed E-state index contributed by atoms with van der Waals surface area (Å²) < 4.78 is 2.19. The Kier molecular flexibility index (Phi) is 3.74. The molecule has 2 nitrogen and oxygen atoms in total. The van der Waals surface area contributed by atoms with Crippen molar-refractivity contribution in [1.29, 1.82) is 0 Å². The summed E-state index contributed by atoms with van der Waals surface area (Å²) >= 11 is 0. The Morgan fingerprint density at radius 3 is 2.08 bits per heavy atom. The van der Waals surface area contributed by atoms with E-state index >= 15 is 0 Å². The van der Waals surface area contributed by atoms with Gasteiger partial charge in [-0.1, -0.05) is 19.9 Å². The average Bonchev–Trinajstić information content (AvgIpc) is 2.16. The van der Waals surface area contributed by atoms with Crippen molar-refractivity contribution >= 4 is 0 Å². The van der Waals surface area contributed by atoms with Crippen LogP contribution in [0.4, 0.5) is 0 Å². The zero-order valence-electron chi connectivity index (χ0n) is 7.90. The summed E-state index contributed by atoms with van der Waals surface area (Å²) in [5, 5.41) is 0. The van der Waals surface area contributed by atoms with Crippen LogP contribution in [-0.2, 0) is 6.67 Å². The number of aromatic nitrogens is 1. The van der Waals surface area contributed by atoms with Crippen LogP contribution in [0.5, 0.6) is 0 Å². The summed E-state index contributed by atoms with van der Waals surface area (Å²) in [6, 6.07) is 6.16. The summed E-state index contributed by atoms with van der Waals surface area (Å²) in [5.41, 5.74) is 0. The molecule has 0 aliphatic rings. The lowest BCUT2D eigenvalue weighted by Crippen LogP contribution is -2.43. The van der Waals surface area contributed by atoms with E-state index in [2.05, 4.69) is 47.8 Å². The zero-order chi connectivity index (χ0) is 8.81. The Morgan fingerprint density at radius 2 is 1.58 bits per heavy atom. The molecule has 12 heavy (non-hydrogen) atoms. The van der Waals surface area contributed by atoms with Crippen molar-refractivity contribution in [2.75, 3.05) is 13.1 Å². The smallest absolute Gasteiger partial charge is 0.204 e. The van der Waals surface area contributed by atoms with Gasteiger partial charge in [0.15, 0.2) is 12.4 Å². The first-order valence-electron chi connectivity index (χ1n) is 4.53. The molecule has 0 spiro atoms. The highest BCUT2D eigenvalue weighted by atomic mass is 15.2. The first kappa shape index (κ1) is 9.20. The van der Waals surface area contributed by atoms with Crippen molar-refractivity contribution in [3.63, 3.8) is 0 Å². The van der Waals surface area contributed by atoms with Gasteiger partial charge in [-0.05, 0) is 0 Å². The molecule has 0 atom stereocenters. The standard InChI is InChI=1S/C10H17N2/c1-3-11(4-2)10-12-8-6-5-7-9-12/h5-9H,3-4,10H2,1-2H3/q+1. The minimum atomic E-state index is 0.994. The molecule has 0 saturated heterocycles. The third kappa shape index (κ3) is 2.62. The molecule has 1 rings (SSSR count). The summed E-state index contributed by atoms with van der Waals surface area (Å²) in [6.07, 6.45) is 4.19. The third-order valence-electron chi connectivity index (χ3n) is 2.04. The van der Waals surface area contributed by atoms with Gasteiger partial charge in [-0.2, -0.15) is 4.57 Å². The fourth-order valence-corrected chi connectivity index (χ4v) is 1.18. The normalized spacial score (nSPS) is 10.6. The van der Waals surface area contributed by atoms with Crippen LogP contribution in [0.15, 0.2) is 30.6 Å². The molecule has 0 fully saturated rings. The predicted octanol–water partition coefficient (Wildman–Crippen LogP) is 1.27. The maximum absolute atomic E-state index is 2.38. The van der Waals surface area contributed by atoms with Crippen molar-refractivity contribution in [3.05, 3.63) is 30.6 Å². The van der Waals surface area contributed by atoms with Gasteiger partial charge in [-0.15, -0.1) is 0 Å². The van der Waals surface area contributed by atoms with E-state index in [0.717, 1.165) is 19.8 Å². The van der Waals surface area contributed by atoms with Crippen LogP contribution in [0.2, 0.25) is 0 Å². The average molecular weight is 165 g/mol. The molecule has 1 aromatic rings. The highest BCUT2D eigenvalue weighted by molar-refractivity contribution is 4.83. The van der Waals surface area contributed by atoms with Crippen LogP contribution in [0.1, 0.15) is 13.8 Å². The molecule has 0 N–H and O–H groups in total. The van der Waals surface area contributed by atoms with E-state index in [1.807, 2.05) is 6.07 Å². The quantitative estimate of drug-likeness (QED) is 0.609. The van der Waals surface area contributed by atoms with E-state index in [4.69, 9.17) is 0 Å². The Balaban J connectivity index is 2.51. The van der Waals surface area contributed by atoms with Crippen LogP contribution < -0.4 is 4.57 Å². The monoisotopic (exact) mass is 165 g/mol. The van der Waals surface area contributed by atoms with E-state index < -0.39 is 0 Å². The van der Waals surface area contributed by atoms with Crippen molar-refractivity contribution in [2.45, 2.75) is 20.5 Å². The SMILES string of the molecule is CCN(CC)C[n+]1ccccc1. The predicted molar refractivity (Wildman–Crippen MR) is 49.6 cm³/mol. The van der Waals surface area contributed by atoms with E-state index in [1.165, 1.54) is 0 Å². The van der Waals surface area contributed by atoms with Gasteiger partial charge in [-0.3, -0.25) is 0 Å². The van der Waals surface area contributed by atoms with Gasteiger partial charge >= 0.3 is 0 Å². The number of hydrogen-bond donors (Lipinski definition) is 0. The fraction of sp³-hybridized carbons (Fsp3) is 0.500. The maximum Gasteiger partial charge on any atom is 0.204 e.